The predicted octanol–water partition coefficient (Wildman–Crippen LogP) is 4.03. The number of hydrogen-bond donors (Lipinski definition) is 1. The van der Waals surface area contributed by atoms with Crippen LogP contribution < -0.4 is 14.8 Å². The molecule has 138 valence electrons. The van der Waals surface area contributed by atoms with E-state index in [0.717, 1.165) is 0 Å². The van der Waals surface area contributed by atoms with E-state index in [9.17, 15) is 14.9 Å². The number of carbonyl (C=O) groups excluding carboxylic acids is 1. The lowest BCUT2D eigenvalue weighted by molar-refractivity contribution is -0.383. The highest BCUT2D eigenvalue weighted by atomic mass is 16.6. The van der Waals surface area contributed by atoms with Gasteiger partial charge in [0.2, 0.25) is 0 Å². The molecule has 1 N–H and O–H groups in total. The summed E-state index contributed by atoms with van der Waals surface area (Å²) in [4.78, 5) is 22.7. The number of nitrogens with zero attached hydrogens (tertiary/aromatic N) is 1. The number of amides is 1. The third kappa shape index (κ3) is 4.24. The molecule has 0 saturated carbocycles. The number of anilines is 1. The maximum atomic E-state index is 12.3. The van der Waals surface area contributed by atoms with Gasteiger partial charge in [0.05, 0.1) is 12.0 Å². The summed E-state index contributed by atoms with van der Waals surface area (Å²) in [6.07, 6.45) is 0. The second-order valence-corrected chi connectivity index (χ2v) is 5.43. The zero-order valence-corrected chi connectivity index (χ0v) is 14.4. The van der Waals surface area contributed by atoms with Crippen LogP contribution in [-0.4, -0.2) is 17.9 Å². The van der Waals surface area contributed by atoms with Crippen LogP contribution in [0.3, 0.4) is 0 Å². The molecule has 27 heavy (non-hydrogen) atoms. The van der Waals surface area contributed by atoms with Gasteiger partial charge >= 0.3 is 0 Å². The summed E-state index contributed by atoms with van der Waals surface area (Å²) in [5, 5.41) is 13.5. The molecule has 3 aromatic rings. The number of ether oxygens (including phenoxy) is 2. The number of carbonyl (C=O) groups is 1. The quantitative estimate of drug-likeness (QED) is 0.499. The van der Waals surface area contributed by atoms with Crippen molar-refractivity contribution in [2.75, 3.05) is 12.4 Å². The molecule has 0 radical (unpaired) electrons. The summed E-state index contributed by atoms with van der Waals surface area (Å²) < 4.78 is 16.3. The van der Waals surface area contributed by atoms with E-state index in [2.05, 4.69) is 5.32 Å². The number of nitro benzene ring substituents is 1. The monoisotopic (exact) mass is 368 g/mol. The van der Waals surface area contributed by atoms with Gasteiger partial charge in [-0.25, -0.2) is 0 Å². The molecule has 0 bridgehead atoms. The Hall–Kier alpha value is -3.81. The lowest BCUT2D eigenvalue weighted by Crippen LogP contribution is -2.12. The van der Waals surface area contributed by atoms with Gasteiger partial charge in [-0.2, -0.15) is 0 Å². The normalized spacial score (nSPS) is 10.3. The van der Waals surface area contributed by atoms with Crippen molar-refractivity contribution in [2.45, 2.75) is 6.61 Å². The summed E-state index contributed by atoms with van der Waals surface area (Å²) >= 11 is 0. The Balaban J connectivity index is 1.67. The number of benzene rings is 2. The van der Waals surface area contributed by atoms with Gasteiger partial charge in [0.25, 0.3) is 11.6 Å². The SMILES string of the molecule is COc1ccccc1OCc1ccc(C(=O)Nc2ccccc2[N+](=O)[O-])o1. The Morgan fingerprint density at radius 3 is 2.52 bits per heavy atom. The first-order valence-corrected chi connectivity index (χ1v) is 7.98. The molecule has 1 amide bonds. The number of nitrogens with one attached hydrogen (secondary N) is 1. The van der Waals surface area contributed by atoms with Gasteiger partial charge in [-0.1, -0.05) is 24.3 Å². The molecule has 0 aliphatic heterocycles. The van der Waals surface area contributed by atoms with Crippen LogP contribution in [0, 0.1) is 10.1 Å². The van der Waals surface area contributed by atoms with E-state index in [1.54, 1.807) is 31.4 Å². The van der Waals surface area contributed by atoms with Crippen LogP contribution in [0.25, 0.3) is 0 Å². The minimum absolute atomic E-state index is 0.0202. The highest BCUT2D eigenvalue weighted by molar-refractivity contribution is 6.03. The fourth-order valence-corrected chi connectivity index (χ4v) is 2.39. The van der Waals surface area contributed by atoms with Gasteiger partial charge in [-0.15, -0.1) is 0 Å². The molecule has 3 rings (SSSR count). The van der Waals surface area contributed by atoms with E-state index >= 15 is 0 Å². The van der Waals surface area contributed by atoms with Crippen LogP contribution in [0.5, 0.6) is 11.5 Å². The summed E-state index contributed by atoms with van der Waals surface area (Å²) in [6.45, 7) is 0.0964. The van der Waals surface area contributed by atoms with E-state index in [0.29, 0.717) is 17.3 Å². The van der Waals surface area contributed by atoms with Crippen molar-refractivity contribution in [2.24, 2.45) is 0 Å². The standard InChI is InChI=1S/C19H16N2O6/c1-25-16-8-4-5-9-17(16)26-12-13-10-11-18(27-13)19(22)20-14-6-2-3-7-15(14)21(23)24/h2-11H,12H2,1H3,(H,20,22). The maximum Gasteiger partial charge on any atom is 0.292 e. The lowest BCUT2D eigenvalue weighted by Gasteiger charge is -2.08. The van der Waals surface area contributed by atoms with E-state index in [1.165, 1.54) is 24.3 Å². The maximum absolute atomic E-state index is 12.3. The van der Waals surface area contributed by atoms with Crippen LogP contribution in [0.2, 0.25) is 0 Å². The molecule has 8 heteroatoms. The van der Waals surface area contributed by atoms with Gasteiger partial charge < -0.3 is 19.2 Å². The van der Waals surface area contributed by atoms with Crippen LogP contribution in [-0.2, 0) is 6.61 Å². The molecule has 2 aromatic carbocycles. The molecule has 1 aromatic heterocycles. The second kappa shape index (κ2) is 8.05. The van der Waals surface area contributed by atoms with Crippen molar-refractivity contribution in [1.29, 1.82) is 0 Å². The molecule has 0 fully saturated rings. The molecule has 0 aliphatic rings. The molecule has 0 saturated heterocycles. The second-order valence-electron chi connectivity index (χ2n) is 5.43. The van der Waals surface area contributed by atoms with Gasteiger partial charge in [0, 0.05) is 6.07 Å². The Morgan fingerprint density at radius 2 is 1.78 bits per heavy atom. The lowest BCUT2D eigenvalue weighted by atomic mass is 10.2. The van der Waals surface area contributed by atoms with Crippen molar-refractivity contribution in [1.82, 2.24) is 0 Å². The Morgan fingerprint density at radius 1 is 1.07 bits per heavy atom. The molecule has 8 nitrogen and oxygen atoms in total. The minimum atomic E-state index is -0.590. The first-order chi connectivity index (χ1) is 13.1. The number of methoxy groups -OCH3 is 1. The number of hydrogen-bond acceptors (Lipinski definition) is 6. The number of para-hydroxylation sites is 4. The zero-order valence-electron chi connectivity index (χ0n) is 14.4. The van der Waals surface area contributed by atoms with Crippen LogP contribution >= 0.6 is 0 Å². The van der Waals surface area contributed by atoms with Gasteiger partial charge in [0.15, 0.2) is 17.3 Å². The van der Waals surface area contributed by atoms with Crippen molar-refractivity contribution in [3.8, 4) is 11.5 Å². The average molecular weight is 368 g/mol. The van der Waals surface area contributed by atoms with Crippen LogP contribution in [0.1, 0.15) is 16.3 Å². The highest BCUT2D eigenvalue weighted by Crippen LogP contribution is 2.27. The van der Waals surface area contributed by atoms with Gasteiger partial charge in [-0.3, -0.25) is 14.9 Å². The molecule has 0 aliphatic carbocycles. The summed E-state index contributed by atoms with van der Waals surface area (Å²) in [6, 6.07) is 16.1. The van der Waals surface area contributed by atoms with E-state index in [-0.39, 0.29) is 23.7 Å². The Kier molecular flexibility index (Phi) is 5.36. The van der Waals surface area contributed by atoms with Crippen molar-refractivity contribution >= 4 is 17.3 Å². The van der Waals surface area contributed by atoms with E-state index in [1.807, 2.05) is 12.1 Å². The third-order valence-corrected chi connectivity index (χ3v) is 3.67. The zero-order chi connectivity index (χ0) is 19.2. The Bertz CT molecular complexity index is 966. The highest BCUT2D eigenvalue weighted by Gasteiger charge is 2.18. The number of furan rings is 1. The van der Waals surface area contributed by atoms with Crippen molar-refractivity contribution in [3.05, 3.63) is 82.3 Å². The van der Waals surface area contributed by atoms with Crippen LogP contribution in [0.4, 0.5) is 11.4 Å². The topological polar surface area (TPSA) is 104 Å². The molecule has 0 unspecified atom stereocenters. The van der Waals surface area contributed by atoms with E-state index in [4.69, 9.17) is 13.9 Å². The predicted molar refractivity (Wildman–Crippen MR) is 97.1 cm³/mol. The fraction of sp³-hybridized carbons (Fsp3) is 0.105. The largest absolute Gasteiger partial charge is 0.493 e. The van der Waals surface area contributed by atoms with Gasteiger partial charge in [0.1, 0.15) is 18.1 Å². The van der Waals surface area contributed by atoms with Crippen LogP contribution in [0.15, 0.2) is 65.1 Å². The number of rotatable bonds is 7. The third-order valence-electron chi connectivity index (χ3n) is 3.67. The summed E-state index contributed by atoms with van der Waals surface area (Å²) in [5.41, 5.74) is -0.104. The summed E-state index contributed by atoms with van der Waals surface area (Å²) in [5.74, 6) is 0.981. The summed E-state index contributed by atoms with van der Waals surface area (Å²) in [7, 11) is 1.54. The Labute approximate surface area is 154 Å². The smallest absolute Gasteiger partial charge is 0.292 e. The first-order valence-electron chi connectivity index (χ1n) is 7.98. The van der Waals surface area contributed by atoms with Crippen molar-refractivity contribution < 1.29 is 23.6 Å². The molecular formula is C19H16N2O6. The van der Waals surface area contributed by atoms with Gasteiger partial charge in [-0.05, 0) is 30.3 Å². The fourth-order valence-electron chi connectivity index (χ4n) is 2.39. The first kappa shape index (κ1) is 18.0. The van der Waals surface area contributed by atoms with Crippen molar-refractivity contribution in [3.63, 3.8) is 0 Å². The van der Waals surface area contributed by atoms with E-state index < -0.39 is 10.8 Å². The molecule has 1 heterocycles. The average Bonchev–Trinajstić information content (AvgIpc) is 3.16. The molecular weight excluding hydrogens is 352 g/mol. The molecule has 0 spiro atoms. The molecule has 0 atom stereocenters. The number of nitro groups is 1. The minimum Gasteiger partial charge on any atom is -0.493 e.